The summed E-state index contributed by atoms with van der Waals surface area (Å²) in [6, 6.07) is 12.0. The van der Waals surface area contributed by atoms with Crippen LogP contribution in [0, 0.1) is 0 Å². The van der Waals surface area contributed by atoms with E-state index in [4.69, 9.17) is 10.5 Å². The molecule has 0 aliphatic carbocycles. The van der Waals surface area contributed by atoms with Crippen molar-refractivity contribution in [3.8, 4) is 11.6 Å². The summed E-state index contributed by atoms with van der Waals surface area (Å²) in [4.78, 5) is 4.26. The first kappa shape index (κ1) is 12.6. The molecule has 18 heavy (non-hydrogen) atoms. The molecule has 0 atom stereocenters. The maximum atomic E-state index is 5.79. The zero-order chi connectivity index (χ0) is 12.8. The second kappa shape index (κ2) is 6.17. The monoisotopic (exact) mass is 242 g/mol. The molecule has 1 aromatic heterocycles. The highest BCUT2D eigenvalue weighted by molar-refractivity contribution is 5.34. The molecule has 0 unspecified atom stereocenters. The summed E-state index contributed by atoms with van der Waals surface area (Å²) in [5, 5.41) is 0. The summed E-state index contributed by atoms with van der Waals surface area (Å²) in [5.41, 5.74) is 7.92. The number of benzene rings is 1. The van der Waals surface area contributed by atoms with Gasteiger partial charge in [-0.3, -0.25) is 0 Å². The lowest BCUT2D eigenvalue weighted by Crippen LogP contribution is -2.04. The minimum atomic E-state index is 0.594. The van der Waals surface area contributed by atoms with Crippen molar-refractivity contribution in [2.24, 2.45) is 5.73 Å². The average Bonchev–Trinajstić information content (AvgIpc) is 2.42. The summed E-state index contributed by atoms with van der Waals surface area (Å²) in [6.07, 6.45) is 3.54. The van der Waals surface area contributed by atoms with E-state index >= 15 is 0 Å². The van der Waals surface area contributed by atoms with Gasteiger partial charge in [-0.1, -0.05) is 25.1 Å². The van der Waals surface area contributed by atoms with E-state index in [9.17, 15) is 0 Å². The third-order valence-corrected chi connectivity index (χ3v) is 2.81. The van der Waals surface area contributed by atoms with E-state index in [0.717, 1.165) is 24.2 Å². The van der Waals surface area contributed by atoms with Crippen LogP contribution in [0.1, 0.15) is 18.1 Å². The highest BCUT2D eigenvalue weighted by Gasteiger charge is 2.05. The Hall–Kier alpha value is -1.87. The topological polar surface area (TPSA) is 48.1 Å². The molecule has 0 aliphatic heterocycles. The smallest absolute Gasteiger partial charge is 0.222 e. The molecule has 0 radical (unpaired) electrons. The maximum Gasteiger partial charge on any atom is 0.222 e. The third kappa shape index (κ3) is 3.08. The van der Waals surface area contributed by atoms with Gasteiger partial charge in [0.15, 0.2) is 0 Å². The van der Waals surface area contributed by atoms with Crippen molar-refractivity contribution in [2.75, 3.05) is 6.54 Å². The van der Waals surface area contributed by atoms with Gasteiger partial charge in [-0.25, -0.2) is 4.98 Å². The van der Waals surface area contributed by atoms with Gasteiger partial charge in [0.05, 0.1) is 0 Å². The van der Waals surface area contributed by atoms with Crippen molar-refractivity contribution in [1.29, 1.82) is 0 Å². The van der Waals surface area contributed by atoms with Crippen LogP contribution >= 0.6 is 0 Å². The van der Waals surface area contributed by atoms with Crippen molar-refractivity contribution in [3.63, 3.8) is 0 Å². The Balaban J connectivity index is 2.17. The molecule has 0 amide bonds. The van der Waals surface area contributed by atoms with Crippen LogP contribution < -0.4 is 10.5 Å². The largest absolute Gasteiger partial charge is 0.439 e. The number of pyridine rings is 1. The fourth-order valence-electron chi connectivity index (χ4n) is 1.77. The molecule has 0 bridgehead atoms. The molecule has 3 heteroatoms. The van der Waals surface area contributed by atoms with E-state index < -0.39 is 0 Å². The first-order valence-corrected chi connectivity index (χ1v) is 6.24. The summed E-state index contributed by atoms with van der Waals surface area (Å²) in [5.74, 6) is 1.45. The van der Waals surface area contributed by atoms with E-state index in [0.29, 0.717) is 12.4 Å². The number of aromatic nitrogens is 1. The normalized spacial score (nSPS) is 10.3. The minimum absolute atomic E-state index is 0.594. The first-order chi connectivity index (χ1) is 8.83. The third-order valence-electron chi connectivity index (χ3n) is 2.81. The van der Waals surface area contributed by atoms with Gasteiger partial charge in [0.25, 0.3) is 0 Å². The van der Waals surface area contributed by atoms with Gasteiger partial charge in [-0.2, -0.15) is 0 Å². The lowest BCUT2D eigenvalue weighted by atomic mass is 10.2. The van der Waals surface area contributed by atoms with Gasteiger partial charge in [-0.05, 0) is 43.1 Å². The summed E-state index contributed by atoms with van der Waals surface area (Å²) in [7, 11) is 0. The molecular formula is C15H18N2O. The fourth-order valence-corrected chi connectivity index (χ4v) is 1.77. The predicted octanol–water partition coefficient (Wildman–Crippen LogP) is 2.94. The van der Waals surface area contributed by atoms with Crippen molar-refractivity contribution in [1.82, 2.24) is 4.98 Å². The van der Waals surface area contributed by atoms with Crippen LogP contribution in [-0.2, 0) is 12.8 Å². The molecule has 0 saturated heterocycles. The van der Waals surface area contributed by atoms with Crippen LogP contribution in [0.3, 0.4) is 0 Å². The fraction of sp³-hybridized carbons (Fsp3) is 0.267. The van der Waals surface area contributed by atoms with Gasteiger partial charge >= 0.3 is 0 Å². The number of nitrogens with two attached hydrogens (primary N) is 1. The van der Waals surface area contributed by atoms with Gasteiger partial charge in [0.2, 0.25) is 5.88 Å². The zero-order valence-corrected chi connectivity index (χ0v) is 10.6. The minimum Gasteiger partial charge on any atom is -0.439 e. The number of aryl methyl sites for hydroxylation is 1. The number of hydrogen-bond donors (Lipinski definition) is 1. The van der Waals surface area contributed by atoms with E-state index in [1.54, 1.807) is 6.20 Å². The molecule has 1 heterocycles. The van der Waals surface area contributed by atoms with Crippen LogP contribution in [0.4, 0.5) is 0 Å². The molecule has 0 fully saturated rings. The standard InChI is InChI=1S/C15H18N2O/c1-2-12-5-7-14(8-6-12)18-15-13(9-10-16)4-3-11-17-15/h3-8,11H,2,9-10,16H2,1H3. The molecule has 0 aliphatic rings. The summed E-state index contributed by atoms with van der Waals surface area (Å²) < 4.78 is 5.79. The number of hydrogen-bond acceptors (Lipinski definition) is 3. The second-order valence-electron chi connectivity index (χ2n) is 4.11. The van der Waals surface area contributed by atoms with Crippen molar-refractivity contribution in [3.05, 3.63) is 53.7 Å². The molecule has 2 N–H and O–H groups in total. The molecular weight excluding hydrogens is 224 g/mol. The van der Waals surface area contributed by atoms with E-state index in [2.05, 4.69) is 24.0 Å². The van der Waals surface area contributed by atoms with Gasteiger partial charge in [0.1, 0.15) is 5.75 Å². The average molecular weight is 242 g/mol. The predicted molar refractivity (Wildman–Crippen MR) is 72.9 cm³/mol. The molecule has 1 aromatic carbocycles. The Labute approximate surface area is 108 Å². The highest BCUT2D eigenvalue weighted by Crippen LogP contribution is 2.23. The SMILES string of the molecule is CCc1ccc(Oc2ncccc2CCN)cc1. The van der Waals surface area contributed by atoms with Gasteiger partial charge in [-0.15, -0.1) is 0 Å². The van der Waals surface area contributed by atoms with Crippen LogP contribution in [0.15, 0.2) is 42.6 Å². The van der Waals surface area contributed by atoms with E-state index in [1.807, 2.05) is 24.3 Å². The molecule has 0 spiro atoms. The number of rotatable bonds is 5. The molecule has 94 valence electrons. The van der Waals surface area contributed by atoms with E-state index in [1.165, 1.54) is 5.56 Å². The Bertz CT molecular complexity index is 494. The van der Waals surface area contributed by atoms with Crippen LogP contribution in [0.5, 0.6) is 11.6 Å². The van der Waals surface area contributed by atoms with Gasteiger partial charge < -0.3 is 10.5 Å². The quantitative estimate of drug-likeness (QED) is 0.877. The van der Waals surface area contributed by atoms with E-state index in [-0.39, 0.29) is 0 Å². The Morgan fingerprint density at radius 1 is 1.17 bits per heavy atom. The lowest BCUT2D eigenvalue weighted by molar-refractivity contribution is 0.456. The van der Waals surface area contributed by atoms with Crippen molar-refractivity contribution in [2.45, 2.75) is 19.8 Å². The number of nitrogens with zero attached hydrogens (tertiary/aromatic N) is 1. The second-order valence-corrected chi connectivity index (χ2v) is 4.11. The highest BCUT2D eigenvalue weighted by atomic mass is 16.5. The number of ether oxygens (including phenoxy) is 1. The zero-order valence-electron chi connectivity index (χ0n) is 10.6. The molecule has 3 nitrogen and oxygen atoms in total. The summed E-state index contributed by atoms with van der Waals surface area (Å²) >= 11 is 0. The van der Waals surface area contributed by atoms with Crippen LogP contribution in [0.2, 0.25) is 0 Å². The van der Waals surface area contributed by atoms with Crippen molar-refractivity contribution >= 4 is 0 Å². The molecule has 0 saturated carbocycles. The lowest BCUT2D eigenvalue weighted by Gasteiger charge is -2.09. The van der Waals surface area contributed by atoms with Gasteiger partial charge in [0, 0.05) is 11.8 Å². The Kier molecular flexibility index (Phi) is 4.31. The van der Waals surface area contributed by atoms with Crippen molar-refractivity contribution < 1.29 is 4.74 Å². The van der Waals surface area contributed by atoms with Crippen LogP contribution in [0.25, 0.3) is 0 Å². The maximum absolute atomic E-state index is 5.79. The Morgan fingerprint density at radius 2 is 1.94 bits per heavy atom. The first-order valence-electron chi connectivity index (χ1n) is 6.24. The molecule has 2 aromatic rings. The van der Waals surface area contributed by atoms with Crippen LogP contribution in [-0.4, -0.2) is 11.5 Å². The summed E-state index contributed by atoms with van der Waals surface area (Å²) in [6.45, 7) is 2.73. The Morgan fingerprint density at radius 3 is 2.61 bits per heavy atom. The molecule has 2 rings (SSSR count).